The molecule has 1 aromatic heterocycles. The first kappa shape index (κ1) is 19.9. The number of alkyl halides is 3. The van der Waals surface area contributed by atoms with Crippen LogP contribution in [0.4, 0.5) is 17.6 Å². The Bertz CT molecular complexity index is 967. The molecule has 1 heterocycles. The normalized spacial score (nSPS) is 12.1. The third-order valence-corrected chi connectivity index (χ3v) is 3.48. The molecule has 0 amide bonds. The van der Waals surface area contributed by atoms with Crippen molar-refractivity contribution >= 4 is 11.5 Å². The van der Waals surface area contributed by atoms with Crippen LogP contribution in [0, 0.1) is 12.7 Å². The number of nitrogens with zero attached hydrogens (tertiary/aromatic N) is 1. The van der Waals surface area contributed by atoms with Crippen molar-refractivity contribution in [2.75, 3.05) is 0 Å². The van der Waals surface area contributed by atoms with Crippen LogP contribution in [0.5, 0.6) is 5.75 Å². The number of ether oxygens (including phenoxy) is 1. The van der Waals surface area contributed by atoms with E-state index < -0.39 is 35.0 Å². The van der Waals surface area contributed by atoms with Gasteiger partial charge in [-0.25, -0.2) is 14.2 Å². The first-order chi connectivity index (χ1) is 12.5. The molecule has 0 unspecified atom stereocenters. The van der Waals surface area contributed by atoms with Crippen LogP contribution in [-0.4, -0.2) is 27.4 Å². The molecule has 7 nitrogen and oxygen atoms in total. The summed E-state index contributed by atoms with van der Waals surface area (Å²) in [4.78, 5) is 29.5. The second-order valence-electron chi connectivity index (χ2n) is 5.35. The molecule has 0 aliphatic rings. The van der Waals surface area contributed by atoms with Crippen molar-refractivity contribution in [1.29, 1.82) is 0 Å². The monoisotopic (exact) mass is 387 g/mol. The highest BCUT2D eigenvalue weighted by atomic mass is 19.4. The van der Waals surface area contributed by atoms with Gasteiger partial charge in [0, 0.05) is 23.9 Å². The standard InChI is InChI=1S/C16H13F4N3O4/c1-7-9(14(24)23-13(22-7)10(6-21)15(25)26)4-8-2-3-11(17)12(5-8)27-16(18,19)20/h2-3,5-6H,4,21H2,1H3,(H,25,26)(H,22,23,24). The van der Waals surface area contributed by atoms with Crippen molar-refractivity contribution in [3.8, 4) is 5.75 Å². The summed E-state index contributed by atoms with van der Waals surface area (Å²) in [5, 5.41) is 9.01. The topological polar surface area (TPSA) is 118 Å². The number of aromatic nitrogens is 2. The Morgan fingerprint density at radius 1 is 1.41 bits per heavy atom. The van der Waals surface area contributed by atoms with Crippen molar-refractivity contribution in [2.24, 2.45) is 5.73 Å². The summed E-state index contributed by atoms with van der Waals surface area (Å²) < 4.78 is 54.0. The van der Waals surface area contributed by atoms with Crippen LogP contribution in [0.15, 0.2) is 29.2 Å². The summed E-state index contributed by atoms with van der Waals surface area (Å²) in [5.41, 5.74) is 4.42. The fourth-order valence-electron chi connectivity index (χ4n) is 2.26. The molecule has 144 valence electrons. The predicted molar refractivity (Wildman–Crippen MR) is 85.3 cm³/mol. The number of aromatic amines is 1. The Kier molecular flexibility index (Phi) is 5.52. The first-order valence-electron chi connectivity index (χ1n) is 7.31. The average molecular weight is 387 g/mol. The fraction of sp³-hybridized carbons (Fsp3) is 0.188. The van der Waals surface area contributed by atoms with Crippen molar-refractivity contribution in [3.63, 3.8) is 0 Å². The number of carboxylic acids is 1. The lowest BCUT2D eigenvalue weighted by Crippen LogP contribution is -2.21. The molecule has 0 spiro atoms. The van der Waals surface area contributed by atoms with E-state index in [-0.39, 0.29) is 29.1 Å². The maximum atomic E-state index is 13.5. The van der Waals surface area contributed by atoms with Crippen LogP contribution < -0.4 is 16.0 Å². The number of hydrogen-bond acceptors (Lipinski definition) is 5. The molecule has 0 atom stereocenters. The molecule has 0 fully saturated rings. The van der Waals surface area contributed by atoms with E-state index in [1.807, 2.05) is 0 Å². The molecule has 0 aliphatic heterocycles. The molecule has 0 aliphatic carbocycles. The summed E-state index contributed by atoms with van der Waals surface area (Å²) in [6.45, 7) is 1.42. The summed E-state index contributed by atoms with van der Waals surface area (Å²) >= 11 is 0. The largest absolute Gasteiger partial charge is 0.573 e. The Morgan fingerprint density at radius 2 is 2.07 bits per heavy atom. The van der Waals surface area contributed by atoms with Crippen LogP contribution in [0.1, 0.15) is 22.6 Å². The first-order valence-corrected chi connectivity index (χ1v) is 7.31. The van der Waals surface area contributed by atoms with E-state index in [4.69, 9.17) is 10.8 Å². The number of aryl methyl sites for hydroxylation is 1. The van der Waals surface area contributed by atoms with Gasteiger partial charge >= 0.3 is 12.3 Å². The molecular weight excluding hydrogens is 374 g/mol. The second kappa shape index (κ2) is 7.48. The van der Waals surface area contributed by atoms with Gasteiger partial charge in [0.1, 0.15) is 11.4 Å². The van der Waals surface area contributed by atoms with E-state index in [9.17, 15) is 27.2 Å². The summed E-state index contributed by atoms with van der Waals surface area (Å²) in [6, 6.07) is 2.79. The zero-order chi connectivity index (χ0) is 20.4. The maximum absolute atomic E-state index is 13.5. The highest BCUT2D eigenvalue weighted by molar-refractivity contribution is 6.13. The Balaban J connectivity index is 2.40. The van der Waals surface area contributed by atoms with E-state index in [0.717, 1.165) is 18.3 Å². The Hall–Kier alpha value is -3.37. The van der Waals surface area contributed by atoms with Crippen LogP contribution in [-0.2, 0) is 11.2 Å². The second-order valence-corrected chi connectivity index (χ2v) is 5.35. The minimum Gasteiger partial charge on any atom is -0.478 e. The molecule has 2 aromatic rings. The summed E-state index contributed by atoms with van der Waals surface area (Å²) in [7, 11) is 0. The third kappa shape index (κ3) is 4.84. The minimum atomic E-state index is -5.07. The SMILES string of the molecule is Cc1nc(C(=CN)C(=O)O)[nH]c(=O)c1Cc1ccc(F)c(OC(F)(F)F)c1. The van der Waals surface area contributed by atoms with Gasteiger partial charge in [-0.05, 0) is 24.6 Å². The molecule has 11 heteroatoms. The van der Waals surface area contributed by atoms with Gasteiger partial charge < -0.3 is 20.6 Å². The number of H-pyrrole nitrogens is 1. The highest BCUT2D eigenvalue weighted by Gasteiger charge is 2.32. The van der Waals surface area contributed by atoms with E-state index in [1.165, 1.54) is 13.0 Å². The summed E-state index contributed by atoms with van der Waals surface area (Å²) in [5.74, 6) is -3.91. The number of benzene rings is 1. The van der Waals surface area contributed by atoms with Gasteiger partial charge in [0.15, 0.2) is 11.6 Å². The Labute approximate surface area is 149 Å². The lowest BCUT2D eigenvalue weighted by atomic mass is 10.0. The minimum absolute atomic E-state index is 0.0603. The number of hydrogen-bond donors (Lipinski definition) is 3. The lowest BCUT2D eigenvalue weighted by molar-refractivity contribution is -0.275. The summed E-state index contributed by atoms with van der Waals surface area (Å²) in [6.07, 6.45) is -4.49. The van der Waals surface area contributed by atoms with Crippen molar-refractivity contribution in [2.45, 2.75) is 19.7 Å². The zero-order valence-electron chi connectivity index (χ0n) is 13.7. The molecule has 0 radical (unpaired) electrons. The van der Waals surface area contributed by atoms with E-state index in [1.54, 1.807) is 0 Å². The van der Waals surface area contributed by atoms with E-state index >= 15 is 0 Å². The van der Waals surface area contributed by atoms with Gasteiger partial charge in [-0.3, -0.25) is 4.79 Å². The molecule has 27 heavy (non-hydrogen) atoms. The number of nitrogens with two attached hydrogens (primary N) is 1. The van der Waals surface area contributed by atoms with E-state index in [0.29, 0.717) is 0 Å². The third-order valence-electron chi connectivity index (χ3n) is 3.48. The molecule has 0 bridgehead atoms. The van der Waals surface area contributed by atoms with Crippen LogP contribution in [0.3, 0.4) is 0 Å². The van der Waals surface area contributed by atoms with Crippen molar-refractivity contribution < 1.29 is 32.2 Å². The molecule has 0 saturated carbocycles. The lowest BCUT2D eigenvalue weighted by Gasteiger charge is -2.12. The van der Waals surface area contributed by atoms with Gasteiger partial charge in [-0.15, -0.1) is 13.2 Å². The van der Waals surface area contributed by atoms with Gasteiger partial charge in [0.05, 0.1) is 0 Å². The van der Waals surface area contributed by atoms with Crippen molar-refractivity contribution in [3.05, 3.63) is 63.2 Å². The molecule has 1 aromatic carbocycles. The molecule has 4 N–H and O–H groups in total. The van der Waals surface area contributed by atoms with Crippen molar-refractivity contribution in [1.82, 2.24) is 9.97 Å². The highest BCUT2D eigenvalue weighted by Crippen LogP contribution is 2.27. The quantitative estimate of drug-likeness (QED) is 0.534. The maximum Gasteiger partial charge on any atom is 0.573 e. The number of rotatable bonds is 5. The van der Waals surface area contributed by atoms with E-state index in [2.05, 4.69) is 14.7 Å². The number of carboxylic acid groups (broad SMARTS) is 1. The predicted octanol–water partition coefficient (Wildman–Crippen LogP) is 2.09. The molecule has 0 saturated heterocycles. The molecule has 2 rings (SSSR count). The van der Waals surface area contributed by atoms with Crippen LogP contribution in [0.2, 0.25) is 0 Å². The smallest absolute Gasteiger partial charge is 0.478 e. The fourth-order valence-corrected chi connectivity index (χ4v) is 2.26. The zero-order valence-corrected chi connectivity index (χ0v) is 13.7. The average Bonchev–Trinajstić information content (AvgIpc) is 2.53. The number of halogens is 4. The van der Waals surface area contributed by atoms with Crippen LogP contribution in [0.25, 0.3) is 5.57 Å². The number of carbonyl (C=O) groups is 1. The van der Waals surface area contributed by atoms with Gasteiger partial charge in [0.2, 0.25) is 0 Å². The van der Waals surface area contributed by atoms with Gasteiger partial charge in [-0.2, -0.15) is 0 Å². The van der Waals surface area contributed by atoms with Gasteiger partial charge in [0.25, 0.3) is 5.56 Å². The Morgan fingerprint density at radius 3 is 2.59 bits per heavy atom. The van der Waals surface area contributed by atoms with Gasteiger partial charge in [-0.1, -0.05) is 6.07 Å². The number of aliphatic carboxylic acids is 1. The number of nitrogens with one attached hydrogen (secondary N) is 1. The molecular formula is C16H13F4N3O4. The van der Waals surface area contributed by atoms with Crippen LogP contribution >= 0.6 is 0 Å².